The maximum absolute atomic E-state index is 6.03. The highest BCUT2D eigenvalue weighted by Crippen LogP contribution is 2.29. The zero-order valence-corrected chi connectivity index (χ0v) is 15.3. The number of nitrogens with one attached hydrogen (secondary N) is 1. The van der Waals surface area contributed by atoms with Gasteiger partial charge in [0.15, 0.2) is 0 Å². The van der Waals surface area contributed by atoms with E-state index in [4.69, 9.17) is 5.73 Å². The number of hydrogen-bond acceptors (Lipinski definition) is 2. The molecule has 2 aromatic rings. The Morgan fingerprint density at radius 3 is 2.60 bits per heavy atom. The van der Waals surface area contributed by atoms with Crippen LogP contribution in [0, 0.1) is 7.14 Å². The fraction of sp³-hybridized carbons (Fsp3) is 0.250. The Balaban J connectivity index is 1.89. The molecular formula is C16H16I2N2. The zero-order chi connectivity index (χ0) is 14.1. The van der Waals surface area contributed by atoms with Crippen molar-refractivity contribution in [2.75, 3.05) is 12.3 Å². The van der Waals surface area contributed by atoms with Crippen LogP contribution in [0.25, 0.3) is 0 Å². The van der Waals surface area contributed by atoms with Crippen molar-refractivity contribution >= 4 is 50.9 Å². The Morgan fingerprint density at radius 2 is 1.85 bits per heavy atom. The predicted octanol–water partition coefficient (Wildman–Crippen LogP) is 3.91. The first-order chi connectivity index (χ1) is 9.65. The Kier molecular flexibility index (Phi) is 4.52. The van der Waals surface area contributed by atoms with Gasteiger partial charge in [-0.15, -0.1) is 0 Å². The number of anilines is 1. The van der Waals surface area contributed by atoms with E-state index in [2.05, 4.69) is 86.9 Å². The van der Waals surface area contributed by atoms with Crippen molar-refractivity contribution in [1.29, 1.82) is 0 Å². The maximum atomic E-state index is 6.03. The van der Waals surface area contributed by atoms with E-state index >= 15 is 0 Å². The summed E-state index contributed by atoms with van der Waals surface area (Å²) in [5.41, 5.74) is 11.2. The van der Waals surface area contributed by atoms with Crippen LogP contribution in [-0.4, -0.2) is 6.54 Å². The van der Waals surface area contributed by atoms with E-state index in [0.717, 1.165) is 32.2 Å². The maximum Gasteiger partial charge on any atom is 0.0585 e. The molecule has 1 heterocycles. The molecule has 0 aromatic heterocycles. The molecule has 104 valence electrons. The molecule has 0 radical (unpaired) electrons. The van der Waals surface area contributed by atoms with Crippen molar-refractivity contribution in [1.82, 2.24) is 5.32 Å². The number of nitrogen functional groups attached to an aromatic ring is 1. The van der Waals surface area contributed by atoms with Crippen molar-refractivity contribution in [2.45, 2.75) is 18.9 Å². The van der Waals surface area contributed by atoms with Crippen molar-refractivity contribution in [3.05, 3.63) is 60.2 Å². The van der Waals surface area contributed by atoms with Crippen LogP contribution < -0.4 is 11.1 Å². The summed E-state index contributed by atoms with van der Waals surface area (Å²) in [4.78, 5) is 0. The van der Waals surface area contributed by atoms with Crippen molar-refractivity contribution in [3.8, 4) is 0 Å². The summed E-state index contributed by atoms with van der Waals surface area (Å²) in [6.07, 6.45) is 2.15. The first-order valence-corrected chi connectivity index (χ1v) is 8.85. The van der Waals surface area contributed by atoms with Crippen LogP contribution in [0.4, 0.5) is 5.69 Å². The average molecular weight is 490 g/mol. The van der Waals surface area contributed by atoms with Crippen LogP contribution in [0.3, 0.4) is 0 Å². The molecule has 0 aliphatic carbocycles. The summed E-state index contributed by atoms with van der Waals surface area (Å²) in [6, 6.07) is 13.6. The number of fused-ring (bicyclic) bond motifs is 1. The van der Waals surface area contributed by atoms with Gasteiger partial charge in [0, 0.05) is 13.2 Å². The average Bonchev–Trinajstić information content (AvgIpc) is 2.45. The molecule has 20 heavy (non-hydrogen) atoms. The summed E-state index contributed by atoms with van der Waals surface area (Å²) in [6.45, 7) is 1.06. The lowest BCUT2D eigenvalue weighted by Crippen LogP contribution is -2.31. The van der Waals surface area contributed by atoms with Crippen molar-refractivity contribution in [2.24, 2.45) is 0 Å². The highest BCUT2D eigenvalue weighted by molar-refractivity contribution is 14.1. The minimum absolute atomic E-state index is 0.412. The van der Waals surface area contributed by atoms with Gasteiger partial charge in [-0.25, -0.2) is 0 Å². The molecule has 0 fully saturated rings. The number of nitrogens with two attached hydrogens (primary N) is 1. The molecule has 0 saturated carbocycles. The molecule has 0 spiro atoms. The van der Waals surface area contributed by atoms with E-state index in [1.54, 1.807) is 0 Å². The van der Waals surface area contributed by atoms with E-state index < -0.39 is 0 Å². The molecule has 3 N–H and O–H groups in total. The van der Waals surface area contributed by atoms with Gasteiger partial charge in [0.05, 0.1) is 5.69 Å². The molecule has 1 aliphatic heterocycles. The summed E-state index contributed by atoms with van der Waals surface area (Å²) < 4.78 is 2.29. The molecule has 0 bridgehead atoms. The van der Waals surface area contributed by atoms with Gasteiger partial charge in [0.1, 0.15) is 0 Å². The Labute approximate surface area is 146 Å². The largest absolute Gasteiger partial charge is 0.397 e. The minimum Gasteiger partial charge on any atom is -0.397 e. The fourth-order valence-corrected chi connectivity index (χ4v) is 4.66. The summed E-state index contributed by atoms with van der Waals surface area (Å²) in [5, 5.41) is 3.64. The minimum atomic E-state index is 0.412. The summed E-state index contributed by atoms with van der Waals surface area (Å²) in [5.74, 6) is 0. The summed E-state index contributed by atoms with van der Waals surface area (Å²) in [7, 11) is 0. The number of hydrogen-bond donors (Lipinski definition) is 2. The lowest BCUT2D eigenvalue weighted by Gasteiger charge is -2.27. The van der Waals surface area contributed by atoms with Crippen molar-refractivity contribution < 1.29 is 0 Å². The second-order valence-corrected chi connectivity index (χ2v) is 7.46. The van der Waals surface area contributed by atoms with E-state index in [0.29, 0.717) is 6.04 Å². The van der Waals surface area contributed by atoms with Gasteiger partial charge in [-0.05, 0) is 93.4 Å². The van der Waals surface area contributed by atoms with E-state index in [1.807, 2.05) is 0 Å². The molecule has 4 heteroatoms. The van der Waals surface area contributed by atoms with E-state index in [1.165, 1.54) is 16.7 Å². The quantitative estimate of drug-likeness (QED) is 0.496. The predicted molar refractivity (Wildman–Crippen MR) is 101 cm³/mol. The van der Waals surface area contributed by atoms with Crippen LogP contribution in [0.5, 0.6) is 0 Å². The smallest absolute Gasteiger partial charge is 0.0585 e. The monoisotopic (exact) mass is 490 g/mol. The highest BCUT2D eigenvalue weighted by atomic mass is 127. The van der Waals surface area contributed by atoms with Crippen LogP contribution in [0.15, 0.2) is 36.4 Å². The molecule has 3 rings (SSSR count). The van der Waals surface area contributed by atoms with Gasteiger partial charge in [-0.3, -0.25) is 0 Å². The number of halogens is 2. The molecule has 2 nitrogen and oxygen atoms in total. The third-order valence-corrected chi connectivity index (χ3v) is 5.58. The van der Waals surface area contributed by atoms with Crippen molar-refractivity contribution in [3.63, 3.8) is 0 Å². The third-order valence-electron chi connectivity index (χ3n) is 3.79. The normalized spacial score (nSPS) is 17.8. The molecule has 1 atom stereocenters. The zero-order valence-electron chi connectivity index (χ0n) is 11.0. The second kappa shape index (κ2) is 6.19. The number of benzene rings is 2. The third kappa shape index (κ3) is 2.96. The second-order valence-electron chi connectivity index (χ2n) is 5.13. The van der Waals surface area contributed by atoms with Crippen LogP contribution in [0.1, 0.15) is 22.7 Å². The van der Waals surface area contributed by atoms with E-state index in [-0.39, 0.29) is 0 Å². The first-order valence-electron chi connectivity index (χ1n) is 6.69. The van der Waals surface area contributed by atoms with Gasteiger partial charge >= 0.3 is 0 Å². The van der Waals surface area contributed by atoms with Gasteiger partial charge in [0.25, 0.3) is 0 Å². The number of rotatable bonds is 2. The van der Waals surface area contributed by atoms with Gasteiger partial charge in [-0.1, -0.05) is 24.3 Å². The summed E-state index contributed by atoms with van der Waals surface area (Å²) >= 11 is 4.64. The van der Waals surface area contributed by atoms with Gasteiger partial charge in [0.2, 0.25) is 0 Å². The first kappa shape index (κ1) is 14.6. The van der Waals surface area contributed by atoms with Gasteiger partial charge < -0.3 is 11.1 Å². The highest BCUT2D eigenvalue weighted by Gasteiger charge is 2.19. The molecule has 0 amide bonds. The molecule has 1 unspecified atom stereocenters. The SMILES string of the molecule is Nc1c(I)cc(CC2NCCc3ccccc32)cc1I. The molecule has 1 aliphatic rings. The fourth-order valence-electron chi connectivity index (χ4n) is 2.77. The molecule has 0 saturated heterocycles. The topological polar surface area (TPSA) is 38.0 Å². The van der Waals surface area contributed by atoms with Crippen LogP contribution in [-0.2, 0) is 12.8 Å². The lowest BCUT2D eigenvalue weighted by molar-refractivity contribution is 0.502. The standard InChI is InChI=1S/C16H16I2N2/c17-13-7-10(8-14(18)16(13)19)9-15-12-4-2-1-3-11(12)5-6-20-15/h1-4,7-8,15,20H,5-6,9,19H2. The van der Waals surface area contributed by atoms with Crippen LogP contribution >= 0.6 is 45.2 Å². The Hall–Kier alpha value is -0.340. The Bertz CT molecular complexity index is 617. The van der Waals surface area contributed by atoms with Crippen LogP contribution in [0.2, 0.25) is 0 Å². The molecule has 2 aromatic carbocycles. The molecular weight excluding hydrogens is 474 g/mol. The lowest BCUT2D eigenvalue weighted by atomic mass is 9.90. The Morgan fingerprint density at radius 1 is 1.15 bits per heavy atom. The van der Waals surface area contributed by atoms with E-state index in [9.17, 15) is 0 Å². The van der Waals surface area contributed by atoms with Gasteiger partial charge in [-0.2, -0.15) is 0 Å².